The van der Waals surface area contributed by atoms with E-state index in [2.05, 4.69) is 32.2 Å². The van der Waals surface area contributed by atoms with Crippen molar-refractivity contribution in [2.75, 3.05) is 11.9 Å². The number of para-hydroxylation sites is 1. The lowest BCUT2D eigenvalue weighted by molar-refractivity contribution is 0.305. The molecule has 0 radical (unpaired) electrons. The summed E-state index contributed by atoms with van der Waals surface area (Å²) < 4.78 is 0. The van der Waals surface area contributed by atoms with Crippen LogP contribution in [-0.2, 0) is 0 Å². The van der Waals surface area contributed by atoms with Crippen molar-refractivity contribution in [3.05, 3.63) is 28.8 Å². The Bertz CT molecular complexity index is 365. The molecule has 0 saturated carbocycles. The highest BCUT2D eigenvalue weighted by molar-refractivity contribution is 6.33. The first-order chi connectivity index (χ1) is 7.00. The lowest BCUT2D eigenvalue weighted by Crippen LogP contribution is -2.26. The molecule has 1 unspecified atom stereocenters. The van der Waals surface area contributed by atoms with Gasteiger partial charge in [0.2, 0.25) is 0 Å². The van der Waals surface area contributed by atoms with Crippen molar-refractivity contribution in [1.82, 2.24) is 0 Å². The summed E-state index contributed by atoms with van der Waals surface area (Å²) in [4.78, 5) is 0. The van der Waals surface area contributed by atoms with E-state index in [4.69, 9.17) is 11.6 Å². The third-order valence-electron chi connectivity index (χ3n) is 3.20. The summed E-state index contributed by atoms with van der Waals surface area (Å²) in [5, 5.41) is 4.25. The molecule has 0 fully saturated rings. The van der Waals surface area contributed by atoms with Gasteiger partial charge in [-0.15, -0.1) is 0 Å². The Morgan fingerprint density at radius 2 is 2.07 bits per heavy atom. The maximum Gasteiger partial charge on any atom is 0.0640 e. The molecule has 1 N–H and O–H groups in total. The average molecular weight is 224 g/mol. The molecule has 0 amide bonds. The second-order valence-electron chi connectivity index (χ2n) is 5.34. The van der Waals surface area contributed by atoms with Crippen molar-refractivity contribution in [3.63, 3.8) is 0 Å². The SMILES string of the molecule is CC(C)(C)C1CCNc2c(Cl)cccc21. The molecule has 1 nitrogen and oxygen atoms in total. The molecule has 1 heterocycles. The Kier molecular flexibility index (Phi) is 2.68. The van der Waals surface area contributed by atoms with Crippen LogP contribution in [0.3, 0.4) is 0 Å². The molecule has 0 aliphatic carbocycles. The standard InChI is InChI=1S/C13H18ClN/c1-13(2,3)10-7-8-15-12-9(10)5-4-6-11(12)14/h4-6,10,15H,7-8H2,1-3H3. The second-order valence-corrected chi connectivity index (χ2v) is 5.75. The number of hydrogen-bond acceptors (Lipinski definition) is 1. The molecule has 0 bridgehead atoms. The molecular weight excluding hydrogens is 206 g/mol. The number of halogens is 1. The normalized spacial score (nSPS) is 20.7. The number of rotatable bonds is 0. The van der Waals surface area contributed by atoms with Gasteiger partial charge in [0.05, 0.1) is 10.7 Å². The van der Waals surface area contributed by atoms with Gasteiger partial charge in [0.15, 0.2) is 0 Å². The number of fused-ring (bicyclic) bond motifs is 1. The summed E-state index contributed by atoms with van der Waals surface area (Å²) in [7, 11) is 0. The van der Waals surface area contributed by atoms with Gasteiger partial charge in [0.25, 0.3) is 0 Å². The summed E-state index contributed by atoms with van der Waals surface area (Å²) in [5.74, 6) is 0.604. The molecule has 0 aromatic heterocycles. The molecule has 15 heavy (non-hydrogen) atoms. The van der Waals surface area contributed by atoms with Crippen LogP contribution in [0.25, 0.3) is 0 Å². The molecule has 1 atom stereocenters. The van der Waals surface area contributed by atoms with Gasteiger partial charge in [-0.1, -0.05) is 44.5 Å². The minimum Gasteiger partial charge on any atom is -0.384 e. The Balaban J connectivity index is 2.48. The van der Waals surface area contributed by atoms with Crippen LogP contribution in [0.15, 0.2) is 18.2 Å². The second kappa shape index (κ2) is 3.71. The highest BCUT2D eigenvalue weighted by Gasteiger charge is 2.30. The van der Waals surface area contributed by atoms with Crippen LogP contribution in [0.5, 0.6) is 0 Å². The lowest BCUT2D eigenvalue weighted by Gasteiger charge is -2.36. The molecule has 1 aliphatic rings. The van der Waals surface area contributed by atoms with Gasteiger partial charge >= 0.3 is 0 Å². The zero-order valence-electron chi connectivity index (χ0n) is 9.60. The number of anilines is 1. The largest absolute Gasteiger partial charge is 0.384 e. The Morgan fingerprint density at radius 3 is 2.73 bits per heavy atom. The van der Waals surface area contributed by atoms with E-state index in [1.807, 2.05) is 12.1 Å². The Hall–Kier alpha value is -0.690. The van der Waals surface area contributed by atoms with Crippen molar-refractivity contribution < 1.29 is 0 Å². The van der Waals surface area contributed by atoms with Crippen LogP contribution in [0.1, 0.15) is 38.7 Å². The summed E-state index contributed by atoms with van der Waals surface area (Å²) in [6, 6.07) is 6.20. The molecule has 2 heteroatoms. The van der Waals surface area contributed by atoms with Gasteiger partial charge in [0, 0.05) is 6.54 Å². The van der Waals surface area contributed by atoms with E-state index in [9.17, 15) is 0 Å². The predicted molar refractivity (Wildman–Crippen MR) is 66.8 cm³/mol. The van der Waals surface area contributed by atoms with E-state index in [1.54, 1.807) is 0 Å². The van der Waals surface area contributed by atoms with E-state index >= 15 is 0 Å². The molecule has 2 rings (SSSR count). The van der Waals surface area contributed by atoms with Gasteiger partial charge in [-0.25, -0.2) is 0 Å². The van der Waals surface area contributed by atoms with Gasteiger partial charge < -0.3 is 5.32 Å². The van der Waals surface area contributed by atoms with Crippen LogP contribution in [0.2, 0.25) is 5.02 Å². The van der Waals surface area contributed by atoms with Gasteiger partial charge in [-0.2, -0.15) is 0 Å². The van der Waals surface area contributed by atoms with Crippen molar-refractivity contribution in [3.8, 4) is 0 Å². The first kappa shape index (κ1) is 10.8. The summed E-state index contributed by atoms with van der Waals surface area (Å²) in [6.07, 6.45) is 1.19. The number of nitrogens with one attached hydrogen (secondary N) is 1. The van der Waals surface area contributed by atoms with E-state index in [0.29, 0.717) is 11.3 Å². The highest BCUT2D eigenvalue weighted by Crippen LogP contribution is 2.45. The van der Waals surface area contributed by atoms with Gasteiger partial charge in [-0.05, 0) is 29.4 Å². The van der Waals surface area contributed by atoms with E-state index in [0.717, 1.165) is 17.3 Å². The zero-order valence-corrected chi connectivity index (χ0v) is 10.4. The van der Waals surface area contributed by atoms with E-state index < -0.39 is 0 Å². The van der Waals surface area contributed by atoms with Crippen LogP contribution < -0.4 is 5.32 Å². The molecular formula is C13H18ClN. The predicted octanol–water partition coefficient (Wildman–Crippen LogP) is 4.29. The molecule has 1 aliphatic heterocycles. The molecule has 82 valence electrons. The lowest BCUT2D eigenvalue weighted by atomic mass is 9.73. The van der Waals surface area contributed by atoms with E-state index in [-0.39, 0.29) is 0 Å². The monoisotopic (exact) mass is 223 g/mol. The maximum atomic E-state index is 6.20. The fraction of sp³-hybridized carbons (Fsp3) is 0.538. The minimum atomic E-state index is 0.307. The molecule has 0 spiro atoms. The van der Waals surface area contributed by atoms with Crippen LogP contribution in [-0.4, -0.2) is 6.54 Å². The number of hydrogen-bond donors (Lipinski definition) is 1. The maximum absolute atomic E-state index is 6.20. The third-order valence-corrected chi connectivity index (χ3v) is 3.52. The summed E-state index contributed by atoms with van der Waals surface area (Å²) >= 11 is 6.20. The first-order valence-electron chi connectivity index (χ1n) is 5.52. The summed E-state index contributed by atoms with van der Waals surface area (Å²) in [5.41, 5.74) is 2.83. The van der Waals surface area contributed by atoms with Gasteiger partial charge in [0.1, 0.15) is 0 Å². The fourth-order valence-corrected chi connectivity index (χ4v) is 2.66. The Labute approximate surface area is 96.8 Å². The zero-order chi connectivity index (χ0) is 11.1. The van der Waals surface area contributed by atoms with Crippen LogP contribution in [0.4, 0.5) is 5.69 Å². The summed E-state index contributed by atoms with van der Waals surface area (Å²) in [6.45, 7) is 7.92. The van der Waals surface area contributed by atoms with Crippen molar-refractivity contribution in [2.45, 2.75) is 33.1 Å². The highest BCUT2D eigenvalue weighted by atomic mass is 35.5. The topological polar surface area (TPSA) is 12.0 Å². The van der Waals surface area contributed by atoms with Crippen molar-refractivity contribution in [1.29, 1.82) is 0 Å². The molecule has 1 aromatic rings. The molecule has 0 saturated heterocycles. The van der Waals surface area contributed by atoms with Crippen molar-refractivity contribution >= 4 is 17.3 Å². The van der Waals surface area contributed by atoms with Crippen LogP contribution in [0, 0.1) is 5.41 Å². The minimum absolute atomic E-state index is 0.307. The van der Waals surface area contributed by atoms with Crippen molar-refractivity contribution in [2.24, 2.45) is 5.41 Å². The smallest absolute Gasteiger partial charge is 0.0640 e. The quantitative estimate of drug-likeness (QED) is 0.692. The third kappa shape index (κ3) is 1.98. The van der Waals surface area contributed by atoms with Crippen LogP contribution >= 0.6 is 11.6 Å². The Morgan fingerprint density at radius 1 is 1.33 bits per heavy atom. The van der Waals surface area contributed by atoms with Gasteiger partial charge in [-0.3, -0.25) is 0 Å². The first-order valence-corrected chi connectivity index (χ1v) is 5.90. The fourth-order valence-electron chi connectivity index (χ4n) is 2.41. The molecule has 1 aromatic carbocycles. The number of benzene rings is 1. The average Bonchev–Trinajstić information content (AvgIpc) is 2.16. The van der Waals surface area contributed by atoms with E-state index in [1.165, 1.54) is 12.0 Å².